The van der Waals surface area contributed by atoms with Gasteiger partial charge in [-0.25, -0.2) is 0 Å². The molecule has 5 rings (SSSR count). The van der Waals surface area contributed by atoms with Gasteiger partial charge in [-0.15, -0.1) is 0 Å². The zero-order valence-electron chi connectivity index (χ0n) is 16.9. The Kier molecular flexibility index (Phi) is 4.27. The van der Waals surface area contributed by atoms with Crippen molar-refractivity contribution in [1.82, 2.24) is 4.90 Å². The number of fused-ring (bicyclic) bond motifs is 2. The summed E-state index contributed by atoms with van der Waals surface area (Å²) in [7, 11) is 0. The second kappa shape index (κ2) is 6.72. The number of nitrogens with zero attached hydrogens (tertiary/aromatic N) is 1. The van der Waals surface area contributed by atoms with Crippen molar-refractivity contribution in [2.75, 3.05) is 13.1 Å². The first-order valence-corrected chi connectivity index (χ1v) is 10.8. The van der Waals surface area contributed by atoms with Gasteiger partial charge in [-0.05, 0) is 90.3 Å². The van der Waals surface area contributed by atoms with Gasteiger partial charge in [0.15, 0.2) is 0 Å². The van der Waals surface area contributed by atoms with Gasteiger partial charge in [0, 0.05) is 18.7 Å². The molecular weight excluding hydrogens is 360 g/mol. The van der Waals surface area contributed by atoms with Gasteiger partial charge in [-0.1, -0.05) is 30.7 Å². The molecule has 0 bridgehead atoms. The minimum Gasteiger partial charge on any atom is -0.366 e. The van der Waals surface area contributed by atoms with Crippen molar-refractivity contribution in [3.8, 4) is 0 Å². The number of hydrogen-bond acceptors (Lipinski definition) is 2. The van der Waals surface area contributed by atoms with Crippen LogP contribution < -0.4 is 5.73 Å². The third kappa shape index (κ3) is 2.88. The van der Waals surface area contributed by atoms with E-state index in [-0.39, 0.29) is 11.8 Å². The Balaban J connectivity index is 1.60. The van der Waals surface area contributed by atoms with E-state index in [2.05, 4.69) is 18.7 Å². The molecule has 0 saturated heterocycles. The highest BCUT2D eigenvalue weighted by atomic mass is 16.2. The van der Waals surface area contributed by atoms with E-state index in [0.29, 0.717) is 17.5 Å². The highest BCUT2D eigenvalue weighted by molar-refractivity contribution is 6.00. The summed E-state index contributed by atoms with van der Waals surface area (Å²) in [6.07, 6.45) is 12.9. The van der Waals surface area contributed by atoms with Crippen LogP contribution in [0.4, 0.5) is 0 Å². The summed E-state index contributed by atoms with van der Waals surface area (Å²) in [4.78, 5) is 26.2. The molecule has 2 N–H and O–H groups in total. The SMILES string of the molecule is C=CC(=O)N1CCC=C(c2ccc(C(N)=O)c3c2C2=C(CCC4(CCC4)C2)C3)C1. The second-order valence-corrected chi connectivity index (χ2v) is 9.15. The molecule has 1 aromatic rings. The number of carbonyl (C=O) groups excluding carboxylic acids is 2. The summed E-state index contributed by atoms with van der Waals surface area (Å²) < 4.78 is 0. The minimum atomic E-state index is -0.341. The fraction of sp³-hybridized carbons (Fsp3) is 0.440. The number of hydrogen-bond donors (Lipinski definition) is 1. The number of allylic oxidation sites excluding steroid dienone is 2. The van der Waals surface area contributed by atoms with Crippen LogP contribution in [0.25, 0.3) is 11.1 Å². The number of rotatable bonds is 3. The third-order valence-electron chi connectivity index (χ3n) is 7.60. The Hall–Kier alpha value is -2.62. The first-order valence-electron chi connectivity index (χ1n) is 10.8. The maximum atomic E-state index is 12.2. The highest BCUT2D eigenvalue weighted by Crippen LogP contribution is 2.58. The van der Waals surface area contributed by atoms with Gasteiger partial charge in [0.2, 0.25) is 11.8 Å². The van der Waals surface area contributed by atoms with Crippen molar-refractivity contribution in [2.45, 2.75) is 51.4 Å². The number of carbonyl (C=O) groups is 2. The molecule has 1 aliphatic heterocycles. The number of nitrogens with two attached hydrogens (primary N) is 1. The Bertz CT molecular complexity index is 994. The van der Waals surface area contributed by atoms with Gasteiger partial charge < -0.3 is 10.6 Å². The molecule has 1 aromatic carbocycles. The van der Waals surface area contributed by atoms with E-state index in [4.69, 9.17) is 5.73 Å². The van der Waals surface area contributed by atoms with E-state index >= 15 is 0 Å². The Morgan fingerprint density at radius 3 is 2.72 bits per heavy atom. The molecule has 0 atom stereocenters. The number of amides is 2. The van der Waals surface area contributed by atoms with E-state index in [1.807, 2.05) is 11.0 Å². The number of primary amides is 1. The Labute approximate surface area is 172 Å². The molecule has 1 saturated carbocycles. The van der Waals surface area contributed by atoms with Crippen LogP contribution in [0.3, 0.4) is 0 Å². The van der Waals surface area contributed by atoms with Gasteiger partial charge in [-0.3, -0.25) is 9.59 Å². The fourth-order valence-corrected chi connectivity index (χ4v) is 5.86. The molecule has 1 spiro atoms. The maximum Gasteiger partial charge on any atom is 0.249 e. The van der Waals surface area contributed by atoms with Crippen LogP contribution >= 0.6 is 0 Å². The topological polar surface area (TPSA) is 63.4 Å². The predicted molar refractivity (Wildman–Crippen MR) is 115 cm³/mol. The van der Waals surface area contributed by atoms with Crippen LogP contribution in [0, 0.1) is 5.41 Å². The largest absolute Gasteiger partial charge is 0.366 e. The average Bonchev–Trinajstić information content (AvgIpc) is 3.09. The Morgan fingerprint density at radius 2 is 2.03 bits per heavy atom. The zero-order valence-corrected chi connectivity index (χ0v) is 16.9. The summed E-state index contributed by atoms with van der Waals surface area (Å²) in [5, 5.41) is 0. The standard InChI is InChI=1S/C25H28N2O2/c1-2-22(28)27-12-3-5-17(15-27)18-6-7-19(24(26)29)20-13-16-8-11-25(9-4-10-25)14-21(16)23(18)20/h2,5-7H,1,3-4,8-15H2,(H2,26,29). The van der Waals surface area contributed by atoms with Crippen LogP contribution in [0.15, 0.2) is 36.4 Å². The van der Waals surface area contributed by atoms with E-state index in [0.717, 1.165) is 37.8 Å². The van der Waals surface area contributed by atoms with Crippen LogP contribution in [-0.4, -0.2) is 29.8 Å². The molecule has 29 heavy (non-hydrogen) atoms. The van der Waals surface area contributed by atoms with Crippen molar-refractivity contribution in [3.05, 3.63) is 58.7 Å². The molecule has 0 radical (unpaired) electrons. The lowest BCUT2D eigenvalue weighted by Gasteiger charge is -2.45. The van der Waals surface area contributed by atoms with E-state index in [9.17, 15) is 9.59 Å². The molecule has 4 aliphatic rings. The number of benzene rings is 1. The summed E-state index contributed by atoms with van der Waals surface area (Å²) in [5.74, 6) is -0.362. The van der Waals surface area contributed by atoms with Gasteiger partial charge >= 0.3 is 0 Å². The molecule has 1 heterocycles. The lowest BCUT2D eigenvalue weighted by Crippen LogP contribution is -2.34. The van der Waals surface area contributed by atoms with Crippen LogP contribution in [0.2, 0.25) is 0 Å². The lowest BCUT2D eigenvalue weighted by atomic mass is 9.59. The van der Waals surface area contributed by atoms with Crippen LogP contribution in [0.5, 0.6) is 0 Å². The molecule has 0 aromatic heterocycles. The van der Waals surface area contributed by atoms with Crippen molar-refractivity contribution in [1.29, 1.82) is 0 Å². The third-order valence-corrected chi connectivity index (χ3v) is 7.60. The van der Waals surface area contributed by atoms with Crippen molar-refractivity contribution >= 4 is 23.0 Å². The summed E-state index contributed by atoms with van der Waals surface area (Å²) in [6, 6.07) is 3.95. The quantitative estimate of drug-likeness (QED) is 0.787. The first kappa shape index (κ1) is 18.4. The van der Waals surface area contributed by atoms with Crippen molar-refractivity contribution in [2.24, 2.45) is 11.1 Å². The summed E-state index contributed by atoms with van der Waals surface area (Å²) >= 11 is 0. The molecule has 4 nitrogen and oxygen atoms in total. The predicted octanol–water partition coefficient (Wildman–Crippen LogP) is 4.25. The summed E-state index contributed by atoms with van der Waals surface area (Å²) in [5.41, 5.74) is 14.6. The Morgan fingerprint density at radius 1 is 1.21 bits per heavy atom. The molecular formula is C25H28N2O2. The molecule has 1 fully saturated rings. The van der Waals surface area contributed by atoms with E-state index in [1.54, 1.807) is 0 Å². The second-order valence-electron chi connectivity index (χ2n) is 9.15. The maximum absolute atomic E-state index is 12.2. The molecule has 0 unspecified atom stereocenters. The smallest absolute Gasteiger partial charge is 0.249 e. The van der Waals surface area contributed by atoms with Gasteiger partial charge in [0.05, 0.1) is 0 Å². The zero-order chi connectivity index (χ0) is 20.2. The lowest BCUT2D eigenvalue weighted by molar-refractivity contribution is -0.125. The van der Waals surface area contributed by atoms with E-state index < -0.39 is 0 Å². The highest BCUT2D eigenvalue weighted by Gasteiger charge is 2.43. The monoisotopic (exact) mass is 388 g/mol. The summed E-state index contributed by atoms with van der Waals surface area (Å²) in [6.45, 7) is 4.97. The molecule has 150 valence electrons. The average molecular weight is 389 g/mol. The first-order chi connectivity index (χ1) is 14.0. The van der Waals surface area contributed by atoms with Crippen molar-refractivity contribution in [3.63, 3.8) is 0 Å². The van der Waals surface area contributed by atoms with Crippen LogP contribution in [-0.2, 0) is 11.2 Å². The van der Waals surface area contributed by atoms with Crippen LogP contribution in [0.1, 0.15) is 72.0 Å². The van der Waals surface area contributed by atoms with Gasteiger partial charge in [-0.2, -0.15) is 0 Å². The minimum absolute atomic E-state index is 0.0213. The molecule has 2 amide bonds. The molecule has 3 aliphatic carbocycles. The van der Waals surface area contributed by atoms with E-state index in [1.165, 1.54) is 59.6 Å². The normalized spacial score (nSPS) is 21.9. The molecule has 4 heteroatoms. The fourth-order valence-electron chi connectivity index (χ4n) is 5.86. The van der Waals surface area contributed by atoms with Crippen molar-refractivity contribution < 1.29 is 9.59 Å². The van der Waals surface area contributed by atoms with Gasteiger partial charge in [0.1, 0.15) is 0 Å². The van der Waals surface area contributed by atoms with Gasteiger partial charge in [0.25, 0.3) is 0 Å².